The SMILES string of the molecule is CCCCCCCCCOC(CC=COCOC)OCCCCCCCCC. The average Bonchev–Trinajstić information content (AvgIpc) is 2.71. The maximum Gasteiger partial charge on any atom is 0.187 e. The van der Waals surface area contributed by atoms with E-state index in [-0.39, 0.29) is 13.1 Å². The van der Waals surface area contributed by atoms with Crippen LogP contribution in [-0.4, -0.2) is 33.4 Å². The molecule has 0 aliphatic heterocycles. The fraction of sp³-hybridized carbons (Fsp3) is 0.917. The quantitative estimate of drug-likeness (QED) is 0.102. The Kier molecular flexibility index (Phi) is 24.0. The maximum atomic E-state index is 5.98. The Hall–Kier alpha value is -0.580. The van der Waals surface area contributed by atoms with E-state index in [4.69, 9.17) is 18.9 Å². The van der Waals surface area contributed by atoms with E-state index in [9.17, 15) is 0 Å². The van der Waals surface area contributed by atoms with Gasteiger partial charge in [-0.25, -0.2) is 0 Å². The molecule has 0 aliphatic rings. The topological polar surface area (TPSA) is 36.9 Å². The molecule has 0 saturated carbocycles. The van der Waals surface area contributed by atoms with Crippen molar-refractivity contribution in [1.29, 1.82) is 0 Å². The Labute approximate surface area is 175 Å². The van der Waals surface area contributed by atoms with Gasteiger partial charge in [0.2, 0.25) is 0 Å². The molecule has 0 spiro atoms. The van der Waals surface area contributed by atoms with Crippen LogP contribution >= 0.6 is 0 Å². The van der Waals surface area contributed by atoms with Crippen LogP contribution in [0.2, 0.25) is 0 Å². The lowest BCUT2D eigenvalue weighted by Gasteiger charge is -2.17. The van der Waals surface area contributed by atoms with Gasteiger partial charge in [-0.15, -0.1) is 0 Å². The van der Waals surface area contributed by atoms with Crippen molar-refractivity contribution in [3.05, 3.63) is 12.3 Å². The van der Waals surface area contributed by atoms with E-state index in [0.29, 0.717) is 0 Å². The molecule has 0 amide bonds. The summed E-state index contributed by atoms with van der Waals surface area (Å²) in [5.74, 6) is 0. The first-order valence-electron chi connectivity index (χ1n) is 11.8. The number of hydrogen-bond acceptors (Lipinski definition) is 4. The van der Waals surface area contributed by atoms with E-state index < -0.39 is 0 Å². The maximum absolute atomic E-state index is 5.98. The van der Waals surface area contributed by atoms with Gasteiger partial charge in [-0.05, 0) is 18.9 Å². The van der Waals surface area contributed by atoms with Gasteiger partial charge in [0.25, 0.3) is 0 Å². The zero-order valence-electron chi connectivity index (χ0n) is 19.1. The fourth-order valence-corrected chi connectivity index (χ4v) is 3.07. The second-order valence-corrected chi connectivity index (χ2v) is 7.59. The standard InChI is InChI=1S/C24H48O4/c1-4-6-8-10-12-14-16-21-27-24(19-18-20-26-23-25-3)28-22-17-15-13-11-9-7-5-2/h18,20,24H,4-17,19,21-23H2,1-3H3. The van der Waals surface area contributed by atoms with E-state index in [1.807, 2.05) is 6.08 Å². The summed E-state index contributed by atoms with van der Waals surface area (Å²) in [5.41, 5.74) is 0. The Morgan fingerprint density at radius 1 is 0.643 bits per heavy atom. The van der Waals surface area contributed by atoms with Crippen LogP contribution in [0.3, 0.4) is 0 Å². The predicted molar refractivity (Wildman–Crippen MR) is 118 cm³/mol. The summed E-state index contributed by atoms with van der Waals surface area (Å²) in [5, 5.41) is 0. The number of ether oxygens (including phenoxy) is 4. The van der Waals surface area contributed by atoms with Gasteiger partial charge >= 0.3 is 0 Å². The molecular formula is C24H48O4. The highest BCUT2D eigenvalue weighted by Crippen LogP contribution is 2.11. The molecule has 0 aromatic carbocycles. The van der Waals surface area contributed by atoms with Gasteiger partial charge in [-0.2, -0.15) is 0 Å². The first kappa shape index (κ1) is 27.4. The number of unbranched alkanes of at least 4 members (excludes halogenated alkanes) is 12. The second kappa shape index (κ2) is 24.5. The first-order chi connectivity index (χ1) is 13.8. The summed E-state index contributed by atoms with van der Waals surface area (Å²) in [6, 6.07) is 0. The molecule has 0 aromatic rings. The molecule has 28 heavy (non-hydrogen) atoms. The molecule has 0 unspecified atom stereocenters. The molecule has 4 heteroatoms. The zero-order chi connectivity index (χ0) is 20.5. The van der Waals surface area contributed by atoms with E-state index >= 15 is 0 Å². The Morgan fingerprint density at radius 2 is 1.11 bits per heavy atom. The summed E-state index contributed by atoms with van der Waals surface area (Å²) >= 11 is 0. The van der Waals surface area contributed by atoms with Crippen molar-refractivity contribution in [3.8, 4) is 0 Å². The number of methoxy groups -OCH3 is 1. The molecule has 0 atom stereocenters. The molecule has 0 aliphatic carbocycles. The van der Waals surface area contributed by atoms with E-state index in [0.717, 1.165) is 32.5 Å². The van der Waals surface area contributed by atoms with Crippen LogP contribution in [-0.2, 0) is 18.9 Å². The minimum absolute atomic E-state index is 0.164. The summed E-state index contributed by atoms with van der Waals surface area (Å²) < 4.78 is 22.0. The van der Waals surface area contributed by atoms with Crippen LogP contribution in [0, 0.1) is 0 Å². The normalized spacial score (nSPS) is 11.7. The molecule has 0 bridgehead atoms. The van der Waals surface area contributed by atoms with Gasteiger partial charge in [0.15, 0.2) is 13.1 Å². The highest BCUT2D eigenvalue weighted by Gasteiger charge is 2.07. The van der Waals surface area contributed by atoms with Gasteiger partial charge in [-0.3, -0.25) is 0 Å². The Morgan fingerprint density at radius 3 is 1.57 bits per heavy atom. The van der Waals surface area contributed by atoms with Crippen LogP contribution in [0.1, 0.15) is 110 Å². The van der Waals surface area contributed by atoms with Crippen LogP contribution < -0.4 is 0 Å². The van der Waals surface area contributed by atoms with Crippen molar-refractivity contribution in [2.45, 2.75) is 116 Å². The molecule has 0 N–H and O–H groups in total. The molecule has 168 valence electrons. The fourth-order valence-electron chi connectivity index (χ4n) is 3.07. The predicted octanol–water partition coefficient (Wildman–Crippen LogP) is 7.37. The highest BCUT2D eigenvalue weighted by molar-refractivity contribution is 4.75. The molecule has 0 fully saturated rings. The van der Waals surface area contributed by atoms with Crippen LogP contribution in [0.25, 0.3) is 0 Å². The largest absolute Gasteiger partial charge is 0.476 e. The third kappa shape index (κ3) is 21.7. The highest BCUT2D eigenvalue weighted by atomic mass is 16.7. The molecule has 0 radical (unpaired) electrons. The smallest absolute Gasteiger partial charge is 0.187 e. The van der Waals surface area contributed by atoms with E-state index in [1.54, 1.807) is 13.4 Å². The van der Waals surface area contributed by atoms with Gasteiger partial charge in [0.1, 0.15) is 0 Å². The molecular weight excluding hydrogens is 352 g/mol. The Bertz CT molecular complexity index is 287. The van der Waals surface area contributed by atoms with Crippen molar-refractivity contribution >= 4 is 0 Å². The van der Waals surface area contributed by atoms with Crippen molar-refractivity contribution in [2.75, 3.05) is 27.1 Å². The third-order valence-electron chi connectivity index (χ3n) is 4.81. The molecule has 0 rings (SSSR count). The van der Waals surface area contributed by atoms with Gasteiger partial charge in [-0.1, -0.05) is 90.9 Å². The van der Waals surface area contributed by atoms with Crippen molar-refractivity contribution in [3.63, 3.8) is 0 Å². The van der Waals surface area contributed by atoms with E-state index in [2.05, 4.69) is 13.8 Å². The summed E-state index contributed by atoms with van der Waals surface area (Å²) in [6.45, 7) is 6.35. The minimum atomic E-state index is -0.164. The summed E-state index contributed by atoms with van der Waals surface area (Å²) in [6.07, 6.45) is 22.3. The lowest BCUT2D eigenvalue weighted by molar-refractivity contribution is -0.141. The Balaban J connectivity index is 3.83. The van der Waals surface area contributed by atoms with Crippen molar-refractivity contribution in [1.82, 2.24) is 0 Å². The van der Waals surface area contributed by atoms with Gasteiger partial charge in [0.05, 0.1) is 6.26 Å². The molecule has 0 aromatic heterocycles. The summed E-state index contributed by atoms with van der Waals surface area (Å²) in [7, 11) is 1.62. The zero-order valence-corrected chi connectivity index (χ0v) is 19.1. The monoisotopic (exact) mass is 400 g/mol. The number of rotatable bonds is 23. The van der Waals surface area contributed by atoms with Crippen LogP contribution in [0.5, 0.6) is 0 Å². The van der Waals surface area contributed by atoms with Crippen LogP contribution in [0.15, 0.2) is 12.3 Å². The lowest BCUT2D eigenvalue weighted by Crippen LogP contribution is -2.18. The minimum Gasteiger partial charge on any atom is -0.476 e. The number of hydrogen-bond donors (Lipinski definition) is 0. The van der Waals surface area contributed by atoms with Gasteiger partial charge in [0, 0.05) is 26.7 Å². The van der Waals surface area contributed by atoms with Crippen LogP contribution in [0.4, 0.5) is 0 Å². The van der Waals surface area contributed by atoms with Gasteiger partial charge < -0.3 is 18.9 Å². The summed E-state index contributed by atoms with van der Waals surface area (Å²) in [4.78, 5) is 0. The van der Waals surface area contributed by atoms with Crippen molar-refractivity contribution < 1.29 is 18.9 Å². The second-order valence-electron chi connectivity index (χ2n) is 7.59. The third-order valence-corrected chi connectivity index (χ3v) is 4.81. The van der Waals surface area contributed by atoms with E-state index in [1.165, 1.54) is 77.0 Å². The first-order valence-corrected chi connectivity index (χ1v) is 11.8. The van der Waals surface area contributed by atoms with Crippen molar-refractivity contribution in [2.24, 2.45) is 0 Å². The average molecular weight is 401 g/mol. The molecule has 0 saturated heterocycles. The molecule has 4 nitrogen and oxygen atoms in total. The lowest BCUT2D eigenvalue weighted by atomic mass is 10.1. The molecule has 0 heterocycles.